The Balaban J connectivity index is 1.55. The number of thioether (sulfide) groups is 1. The van der Waals surface area contributed by atoms with Gasteiger partial charge in [0, 0.05) is 26.2 Å². The molecule has 1 saturated carbocycles. The molecule has 8 nitrogen and oxygen atoms in total. The van der Waals surface area contributed by atoms with Crippen LogP contribution in [0.1, 0.15) is 32.1 Å². The second-order valence-corrected chi connectivity index (χ2v) is 7.19. The largest absolute Gasteiger partial charge is 0.371 e. The molecule has 0 aromatic heterocycles. The van der Waals surface area contributed by atoms with Gasteiger partial charge in [0.2, 0.25) is 17.7 Å². The van der Waals surface area contributed by atoms with E-state index in [-0.39, 0.29) is 60.7 Å². The Hall–Kier alpha value is -1.61. The number of imide groups is 1. The highest BCUT2D eigenvalue weighted by Crippen LogP contribution is 2.17. The molecule has 0 radical (unpaired) electrons. The summed E-state index contributed by atoms with van der Waals surface area (Å²) in [6.45, 7) is 0.331. The summed E-state index contributed by atoms with van der Waals surface area (Å²) in [7, 11) is 1.39. The Kier molecular flexibility index (Phi) is 7.70. The third-order valence-electron chi connectivity index (χ3n) is 4.33. The van der Waals surface area contributed by atoms with Gasteiger partial charge < -0.3 is 15.4 Å². The standard InChI is InChI=1S/C16H25N3O5S/c1-24-12-8-15(22)19(16(12)23)7-6-17-13(20)9-25-10-14(21)18-11-4-2-3-5-11/h11-12H,2-10H2,1H3,(H,17,20)(H,18,21)/t12-/m1/s1. The van der Waals surface area contributed by atoms with E-state index in [1.54, 1.807) is 0 Å². The third-order valence-corrected chi connectivity index (χ3v) is 5.26. The minimum atomic E-state index is -0.711. The van der Waals surface area contributed by atoms with Gasteiger partial charge in [-0.25, -0.2) is 0 Å². The second-order valence-electron chi connectivity index (χ2n) is 6.20. The molecule has 0 bridgehead atoms. The zero-order chi connectivity index (χ0) is 18.2. The summed E-state index contributed by atoms with van der Waals surface area (Å²) in [4.78, 5) is 48.1. The summed E-state index contributed by atoms with van der Waals surface area (Å²) < 4.78 is 4.93. The lowest BCUT2D eigenvalue weighted by molar-refractivity contribution is -0.141. The molecule has 140 valence electrons. The number of amides is 4. The van der Waals surface area contributed by atoms with Crippen molar-refractivity contribution >= 4 is 35.4 Å². The van der Waals surface area contributed by atoms with Gasteiger partial charge in [-0.15, -0.1) is 11.8 Å². The quantitative estimate of drug-likeness (QED) is 0.538. The van der Waals surface area contributed by atoms with Crippen LogP contribution < -0.4 is 10.6 Å². The lowest BCUT2D eigenvalue weighted by atomic mass is 10.2. The molecule has 9 heteroatoms. The summed E-state index contributed by atoms with van der Waals surface area (Å²) in [5.74, 6) is -0.489. The number of nitrogens with one attached hydrogen (secondary N) is 2. The minimum Gasteiger partial charge on any atom is -0.371 e. The molecule has 0 unspecified atom stereocenters. The van der Waals surface area contributed by atoms with Crippen molar-refractivity contribution < 1.29 is 23.9 Å². The van der Waals surface area contributed by atoms with Crippen molar-refractivity contribution in [3.63, 3.8) is 0 Å². The van der Waals surface area contributed by atoms with Crippen molar-refractivity contribution in [1.29, 1.82) is 0 Å². The van der Waals surface area contributed by atoms with Crippen molar-refractivity contribution in [3.05, 3.63) is 0 Å². The van der Waals surface area contributed by atoms with Crippen LogP contribution in [-0.2, 0) is 23.9 Å². The van der Waals surface area contributed by atoms with E-state index in [1.807, 2.05) is 0 Å². The molecular weight excluding hydrogens is 346 g/mol. The smallest absolute Gasteiger partial charge is 0.258 e. The number of nitrogens with zero attached hydrogens (tertiary/aromatic N) is 1. The van der Waals surface area contributed by atoms with Crippen LogP contribution in [0.2, 0.25) is 0 Å². The van der Waals surface area contributed by atoms with Gasteiger partial charge in [0.15, 0.2) is 0 Å². The lowest BCUT2D eigenvalue weighted by Gasteiger charge is -2.15. The number of hydrogen-bond donors (Lipinski definition) is 2. The predicted molar refractivity (Wildman–Crippen MR) is 92.9 cm³/mol. The van der Waals surface area contributed by atoms with Gasteiger partial charge in [0.25, 0.3) is 5.91 Å². The van der Waals surface area contributed by atoms with Crippen LogP contribution in [0.3, 0.4) is 0 Å². The van der Waals surface area contributed by atoms with Crippen molar-refractivity contribution in [3.8, 4) is 0 Å². The number of rotatable bonds is 9. The minimum absolute atomic E-state index is 0.0384. The molecule has 0 spiro atoms. The second kappa shape index (κ2) is 9.76. The van der Waals surface area contributed by atoms with Gasteiger partial charge in [0.1, 0.15) is 6.10 Å². The Morgan fingerprint density at radius 2 is 1.88 bits per heavy atom. The number of methoxy groups -OCH3 is 1. The van der Waals surface area contributed by atoms with E-state index in [0.29, 0.717) is 0 Å². The molecule has 2 rings (SSSR count). The fourth-order valence-corrected chi connectivity index (χ4v) is 3.66. The maximum absolute atomic E-state index is 11.8. The van der Waals surface area contributed by atoms with E-state index in [2.05, 4.69) is 10.6 Å². The Bertz CT molecular complexity index is 522. The Labute approximate surface area is 151 Å². The first-order valence-corrected chi connectivity index (χ1v) is 9.67. The summed E-state index contributed by atoms with van der Waals surface area (Å²) in [6.07, 6.45) is 3.73. The van der Waals surface area contributed by atoms with E-state index < -0.39 is 6.10 Å². The van der Waals surface area contributed by atoms with Crippen LogP contribution >= 0.6 is 11.8 Å². The monoisotopic (exact) mass is 371 g/mol. The summed E-state index contributed by atoms with van der Waals surface area (Å²) in [5.41, 5.74) is 0. The molecule has 2 N–H and O–H groups in total. The van der Waals surface area contributed by atoms with Crippen LogP contribution in [0, 0.1) is 0 Å². The predicted octanol–water partition coefficient (Wildman–Crippen LogP) is -0.331. The van der Waals surface area contributed by atoms with Crippen molar-refractivity contribution in [2.75, 3.05) is 31.7 Å². The van der Waals surface area contributed by atoms with E-state index in [4.69, 9.17) is 4.74 Å². The maximum atomic E-state index is 11.8. The van der Waals surface area contributed by atoms with Crippen LogP contribution in [0.15, 0.2) is 0 Å². The van der Waals surface area contributed by atoms with Crippen LogP contribution in [-0.4, -0.2) is 72.4 Å². The molecule has 0 aromatic rings. The van der Waals surface area contributed by atoms with Crippen LogP contribution in [0.25, 0.3) is 0 Å². The molecule has 1 heterocycles. The van der Waals surface area contributed by atoms with E-state index in [0.717, 1.165) is 30.6 Å². The van der Waals surface area contributed by atoms with Gasteiger partial charge in [-0.2, -0.15) is 0 Å². The zero-order valence-electron chi connectivity index (χ0n) is 14.4. The highest BCUT2D eigenvalue weighted by molar-refractivity contribution is 8.00. The Morgan fingerprint density at radius 3 is 2.52 bits per heavy atom. The summed E-state index contributed by atoms with van der Waals surface area (Å²) in [6, 6.07) is 0.286. The highest BCUT2D eigenvalue weighted by Gasteiger charge is 2.38. The number of carbonyl (C=O) groups is 4. The van der Waals surface area contributed by atoms with E-state index in [1.165, 1.54) is 18.9 Å². The van der Waals surface area contributed by atoms with Crippen molar-refractivity contribution in [2.24, 2.45) is 0 Å². The third kappa shape index (κ3) is 6.00. The SMILES string of the molecule is CO[C@@H]1CC(=O)N(CCNC(=O)CSCC(=O)NC2CCCC2)C1=O. The topological polar surface area (TPSA) is 105 Å². The van der Waals surface area contributed by atoms with Gasteiger partial charge >= 0.3 is 0 Å². The average Bonchev–Trinajstić information content (AvgIpc) is 3.17. The van der Waals surface area contributed by atoms with Gasteiger partial charge in [-0.05, 0) is 12.8 Å². The van der Waals surface area contributed by atoms with Gasteiger partial charge in [-0.1, -0.05) is 12.8 Å². The van der Waals surface area contributed by atoms with Gasteiger partial charge in [-0.3, -0.25) is 24.1 Å². The van der Waals surface area contributed by atoms with E-state index in [9.17, 15) is 19.2 Å². The number of hydrogen-bond acceptors (Lipinski definition) is 6. The fourth-order valence-electron chi connectivity index (χ4n) is 3.01. The fraction of sp³-hybridized carbons (Fsp3) is 0.750. The normalized spacial score (nSPS) is 21.0. The summed E-state index contributed by atoms with van der Waals surface area (Å²) in [5, 5.41) is 5.62. The maximum Gasteiger partial charge on any atom is 0.258 e. The molecular formula is C16H25N3O5S. The highest BCUT2D eigenvalue weighted by atomic mass is 32.2. The number of ether oxygens (including phenoxy) is 1. The zero-order valence-corrected chi connectivity index (χ0v) is 15.2. The van der Waals surface area contributed by atoms with Crippen LogP contribution in [0.4, 0.5) is 0 Å². The van der Waals surface area contributed by atoms with Gasteiger partial charge in [0.05, 0.1) is 17.9 Å². The lowest BCUT2D eigenvalue weighted by Crippen LogP contribution is -2.40. The Morgan fingerprint density at radius 1 is 1.20 bits per heavy atom. The molecule has 1 atom stereocenters. The molecule has 1 aliphatic heterocycles. The number of carbonyl (C=O) groups excluding carboxylic acids is 4. The molecule has 25 heavy (non-hydrogen) atoms. The molecule has 2 fully saturated rings. The molecule has 0 aromatic carbocycles. The molecule has 4 amide bonds. The van der Waals surface area contributed by atoms with Crippen molar-refractivity contribution in [2.45, 2.75) is 44.2 Å². The summed E-state index contributed by atoms with van der Waals surface area (Å²) >= 11 is 1.25. The number of likely N-dealkylation sites (tertiary alicyclic amines) is 1. The molecule has 2 aliphatic rings. The first-order chi connectivity index (χ1) is 12.0. The molecule has 1 aliphatic carbocycles. The van der Waals surface area contributed by atoms with Crippen molar-refractivity contribution in [1.82, 2.24) is 15.5 Å². The molecule has 1 saturated heterocycles. The first-order valence-electron chi connectivity index (χ1n) is 8.52. The average molecular weight is 371 g/mol. The van der Waals surface area contributed by atoms with Crippen LogP contribution in [0.5, 0.6) is 0 Å². The van der Waals surface area contributed by atoms with E-state index >= 15 is 0 Å². The first kappa shape index (κ1) is 19.7.